The van der Waals surface area contributed by atoms with Gasteiger partial charge in [0.05, 0.1) is 6.54 Å². The number of likely N-dealkylation sites (N-methyl/N-ethyl adjacent to an activating group) is 2. The maximum atomic E-state index is 12.6. The second kappa shape index (κ2) is 8.54. The lowest BCUT2D eigenvalue weighted by molar-refractivity contribution is -0.130. The van der Waals surface area contributed by atoms with Gasteiger partial charge in [0.25, 0.3) is 0 Å². The van der Waals surface area contributed by atoms with Crippen LogP contribution < -0.4 is 5.32 Å². The molecular formula is C17H31N3O. The average Bonchev–Trinajstić information content (AvgIpc) is 3.01. The van der Waals surface area contributed by atoms with Crippen molar-refractivity contribution >= 4 is 5.91 Å². The minimum atomic E-state index is 0.269. The van der Waals surface area contributed by atoms with Crippen molar-refractivity contribution in [1.29, 1.82) is 0 Å². The summed E-state index contributed by atoms with van der Waals surface area (Å²) in [7, 11) is 0. The van der Waals surface area contributed by atoms with Crippen molar-refractivity contribution in [1.82, 2.24) is 15.1 Å². The highest BCUT2D eigenvalue weighted by Gasteiger charge is 2.22. The molecule has 1 fully saturated rings. The van der Waals surface area contributed by atoms with Crippen molar-refractivity contribution in [2.24, 2.45) is 0 Å². The molecule has 1 aliphatic heterocycles. The summed E-state index contributed by atoms with van der Waals surface area (Å²) >= 11 is 0. The third-order valence-electron chi connectivity index (χ3n) is 4.68. The van der Waals surface area contributed by atoms with Crippen LogP contribution in [0.5, 0.6) is 0 Å². The molecule has 1 unspecified atom stereocenters. The van der Waals surface area contributed by atoms with Crippen LogP contribution in [-0.2, 0) is 4.79 Å². The molecule has 1 amide bonds. The minimum absolute atomic E-state index is 0.269. The molecule has 21 heavy (non-hydrogen) atoms. The highest BCUT2D eigenvalue weighted by Crippen LogP contribution is 2.21. The van der Waals surface area contributed by atoms with E-state index in [0.717, 1.165) is 39.0 Å². The van der Waals surface area contributed by atoms with Crippen LogP contribution in [0.25, 0.3) is 0 Å². The van der Waals surface area contributed by atoms with Crippen molar-refractivity contribution in [3.63, 3.8) is 0 Å². The highest BCUT2D eigenvalue weighted by molar-refractivity contribution is 5.80. The van der Waals surface area contributed by atoms with E-state index >= 15 is 0 Å². The number of rotatable bonds is 7. The summed E-state index contributed by atoms with van der Waals surface area (Å²) in [5, 5.41) is 3.52. The molecule has 1 N–H and O–H groups in total. The number of carbonyl (C=O) groups is 1. The molecule has 0 radical (unpaired) electrons. The van der Waals surface area contributed by atoms with E-state index < -0.39 is 0 Å². The molecule has 1 saturated heterocycles. The summed E-state index contributed by atoms with van der Waals surface area (Å²) in [4.78, 5) is 16.9. The fourth-order valence-electron chi connectivity index (χ4n) is 3.41. The first-order chi connectivity index (χ1) is 10.2. The second-order valence-corrected chi connectivity index (χ2v) is 6.20. The van der Waals surface area contributed by atoms with Gasteiger partial charge in [-0.2, -0.15) is 0 Å². The smallest absolute Gasteiger partial charge is 0.240 e. The van der Waals surface area contributed by atoms with Gasteiger partial charge in [-0.25, -0.2) is 0 Å². The van der Waals surface area contributed by atoms with Gasteiger partial charge in [0, 0.05) is 24.8 Å². The van der Waals surface area contributed by atoms with Gasteiger partial charge in [0.1, 0.15) is 0 Å². The van der Waals surface area contributed by atoms with E-state index in [1.165, 1.54) is 31.4 Å². The number of carbonyl (C=O) groups excluding carboxylic acids is 1. The van der Waals surface area contributed by atoms with Gasteiger partial charge >= 0.3 is 0 Å². The molecule has 0 aromatic rings. The molecule has 4 nitrogen and oxygen atoms in total. The van der Waals surface area contributed by atoms with Crippen LogP contribution >= 0.6 is 0 Å². The van der Waals surface area contributed by atoms with E-state index in [9.17, 15) is 4.79 Å². The number of hydrogen-bond acceptors (Lipinski definition) is 3. The van der Waals surface area contributed by atoms with Crippen molar-refractivity contribution in [3.05, 3.63) is 11.8 Å². The molecule has 2 aliphatic rings. The van der Waals surface area contributed by atoms with Crippen LogP contribution in [0.2, 0.25) is 0 Å². The van der Waals surface area contributed by atoms with Gasteiger partial charge < -0.3 is 10.2 Å². The molecule has 120 valence electrons. The molecule has 0 spiro atoms. The first-order valence-electron chi connectivity index (χ1n) is 8.69. The van der Waals surface area contributed by atoms with Gasteiger partial charge in [-0.1, -0.05) is 13.0 Å². The van der Waals surface area contributed by atoms with E-state index in [1.807, 2.05) is 4.90 Å². The van der Waals surface area contributed by atoms with E-state index in [-0.39, 0.29) is 5.91 Å². The van der Waals surface area contributed by atoms with E-state index in [1.54, 1.807) is 0 Å². The van der Waals surface area contributed by atoms with Gasteiger partial charge in [-0.05, 0) is 58.5 Å². The molecule has 1 aliphatic carbocycles. The molecular weight excluding hydrogens is 262 g/mol. The predicted molar refractivity (Wildman–Crippen MR) is 87.1 cm³/mol. The zero-order valence-electron chi connectivity index (χ0n) is 13.7. The summed E-state index contributed by atoms with van der Waals surface area (Å²) in [6.07, 6.45) is 9.46. The first kappa shape index (κ1) is 16.5. The summed E-state index contributed by atoms with van der Waals surface area (Å²) in [5.74, 6) is 0.269. The Labute approximate surface area is 129 Å². The highest BCUT2D eigenvalue weighted by atomic mass is 16.2. The zero-order valence-corrected chi connectivity index (χ0v) is 13.7. The monoisotopic (exact) mass is 293 g/mol. The lowest BCUT2D eigenvalue weighted by Gasteiger charge is -2.30. The minimum Gasteiger partial charge on any atom is -0.316 e. The standard InChI is InChI=1S/C17H31N3O/c1-3-19(13-15-9-8-12-18-15)14-17(21)20(4-2)16-10-6-5-7-11-16/h10,15,18H,3-9,11-14H2,1-2H3. The molecule has 0 saturated carbocycles. The lowest BCUT2D eigenvalue weighted by Crippen LogP contribution is -2.44. The predicted octanol–water partition coefficient (Wildman–Crippen LogP) is 2.37. The molecule has 1 heterocycles. The molecule has 0 bridgehead atoms. The maximum absolute atomic E-state index is 12.6. The van der Waals surface area contributed by atoms with Crippen molar-refractivity contribution in [2.75, 3.05) is 32.7 Å². The summed E-state index contributed by atoms with van der Waals surface area (Å²) in [6.45, 7) is 8.66. The Hall–Kier alpha value is -0.870. The quantitative estimate of drug-likeness (QED) is 0.783. The van der Waals surface area contributed by atoms with Crippen LogP contribution in [0.3, 0.4) is 0 Å². The zero-order chi connectivity index (χ0) is 15.1. The number of nitrogens with one attached hydrogen (secondary N) is 1. The number of allylic oxidation sites excluding steroid dienone is 2. The van der Waals surface area contributed by atoms with Crippen molar-refractivity contribution in [2.45, 2.75) is 58.4 Å². The van der Waals surface area contributed by atoms with Crippen LogP contribution in [0.1, 0.15) is 52.4 Å². The topological polar surface area (TPSA) is 35.6 Å². The molecule has 4 heteroatoms. The number of nitrogens with zero attached hydrogens (tertiary/aromatic N) is 2. The lowest BCUT2D eigenvalue weighted by atomic mass is 10.0. The van der Waals surface area contributed by atoms with E-state index in [0.29, 0.717) is 12.6 Å². The van der Waals surface area contributed by atoms with E-state index in [2.05, 4.69) is 30.1 Å². The van der Waals surface area contributed by atoms with Crippen LogP contribution in [0.15, 0.2) is 11.8 Å². The number of amides is 1. The van der Waals surface area contributed by atoms with Gasteiger partial charge in [0.2, 0.25) is 5.91 Å². The van der Waals surface area contributed by atoms with Gasteiger partial charge in [0.15, 0.2) is 0 Å². The Balaban J connectivity index is 1.88. The maximum Gasteiger partial charge on any atom is 0.240 e. The SMILES string of the molecule is CCN(CC(=O)N(CC)C1=CCCCC1)CC1CCCN1. The Kier molecular flexibility index (Phi) is 6.71. The molecule has 1 atom stereocenters. The second-order valence-electron chi connectivity index (χ2n) is 6.20. The van der Waals surface area contributed by atoms with Crippen LogP contribution in [0.4, 0.5) is 0 Å². The van der Waals surface area contributed by atoms with Crippen LogP contribution in [-0.4, -0.2) is 54.5 Å². The van der Waals surface area contributed by atoms with E-state index in [4.69, 9.17) is 0 Å². The molecule has 0 aromatic heterocycles. The van der Waals surface area contributed by atoms with Gasteiger partial charge in [-0.15, -0.1) is 0 Å². The number of hydrogen-bond donors (Lipinski definition) is 1. The summed E-state index contributed by atoms with van der Waals surface area (Å²) in [6, 6.07) is 0.571. The van der Waals surface area contributed by atoms with Crippen LogP contribution in [0, 0.1) is 0 Å². The Bertz CT molecular complexity index is 361. The molecule has 2 rings (SSSR count). The Morgan fingerprint density at radius 2 is 2.14 bits per heavy atom. The third kappa shape index (κ3) is 4.82. The average molecular weight is 293 g/mol. The largest absolute Gasteiger partial charge is 0.316 e. The van der Waals surface area contributed by atoms with Gasteiger partial charge in [-0.3, -0.25) is 9.69 Å². The normalized spacial score (nSPS) is 22.4. The van der Waals surface area contributed by atoms with Crippen molar-refractivity contribution in [3.8, 4) is 0 Å². The summed E-state index contributed by atoms with van der Waals surface area (Å²) < 4.78 is 0. The molecule has 0 aromatic carbocycles. The summed E-state index contributed by atoms with van der Waals surface area (Å²) in [5.41, 5.74) is 1.25. The fourth-order valence-corrected chi connectivity index (χ4v) is 3.41. The Morgan fingerprint density at radius 3 is 2.71 bits per heavy atom. The first-order valence-corrected chi connectivity index (χ1v) is 8.69. The Morgan fingerprint density at radius 1 is 1.29 bits per heavy atom. The fraction of sp³-hybridized carbons (Fsp3) is 0.824. The third-order valence-corrected chi connectivity index (χ3v) is 4.68. The van der Waals surface area contributed by atoms with Crippen molar-refractivity contribution < 1.29 is 4.79 Å².